The Bertz CT molecular complexity index is 899. The number of hydrogen-bond donors (Lipinski definition) is 0. The Labute approximate surface area is 140 Å². The number of aryl methyl sites for hydroxylation is 1. The lowest BCUT2D eigenvalue weighted by Crippen LogP contribution is -2.13. The first-order valence-electron chi connectivity index (χ1n) is 6.99. The van der Waals surface area contributed by atoms with Crippen molar-refractivity contribution >= 4 is 21.9 Å². The van der Waals surface area contributed by atoms with Crippen molar-refractivity contribution in [1.82, 2.24) is 0 Å². The summed E-state index contributed by atoms with van der Waals surface area (Å²) >= 11 is 0. The van der Waals surface area contributed by atoms with Crippen molar-refractivity contribution in [2.24, 2.45) is 0 Å². The molecule has 0 bridgehead atoms. The van der Waals surface area contributed by atoms with Gasteiger partial charge in [0.1, 0.15) is 4.90 Å². The molecule has 0 aliphatic carbocycles. The van der Waals surface area contributed by atoms with E-state index in [1.807, 2.05) is 0 Å². The van der Waals surface area contributed by atoms with Crippen molar-refractivity contribution in [3.8, 4) is 5.75 Å². The zero-order chi connectivity index (χ0) is 17.9. The Kier molecular flexibility index (Phi) is 5.04. The number of carbonyl (C=O) groups is 2. The molecule has 2 rings (SSSR count). The molecular formula is C17H16O6S. The minimum atomic E-state index is -4.21. The molecule has 0 fully saturated rings. The van der Waals surface area contributed by atoms with Crippen LogP contribution in [0.2, 0.25) is 0 Å². The van der Waals surface area contributed by atoms with Crippen LogP contribution in [0.1, 0.15) is 33.2 Å². The largest absolute Gasteiger partial charge is 0.465 e. The quantitative estimate of drug-likeness (QED) is 0.469. The normalized spacial score (nSPS) is 11.0. The highest BCUT2D eigenvalue weighted by Crippen LogP contribution is 2.25. The van der Waals surface area contributed by atoms with Gasteiger partial charge in [-0.15, -0.1) is 0 Å². The number of ketones is 1. The molecule has 2 aromatic rings. The number of rotatable bonds is 5. The van der Waals surface area contributed by atoms with Crippen LogP contribution in [0.4, 0.5) is 0 Å². The molecule has 0 radical (unpaired) electrons. The summed E-state index contributed by atoms with van der Waals surface area (Å²) in [6, 6.07) is 9.90. The van der Waals surface area contributed by atoms with Gasteiger partial charge in [-0.2, -0.15) is 8.42 Å². The molecule has 0 saturated carbocycles. The Morgan fingerprint density at radius 2 is 1.75 bits per heavy atom. The average molecular weight is 348 g/mol. The van der Waals surface area contributed by atoms with E-state index in [0.29, 0.717) is 0 Å². The van der Waals surface area contributed by atoms with Gasteiger partial charge < -0.3 is 8.92 Å². The van der Waals surface area contributed by atoms with E-state index in [4.69, 9.17) is 4.18 Å². The summed E-state index contributed by atoms with van der Waals surface area (Å²) in [5.41, 5.74) is 1.05. The summed E-state index contributed by atoms with van der Waals surface area (Å²) < 4.78 is 34.5. The van der Waals surface area contributed by atoms with Crippen LogP contribution in [0.15, 0.2) is 47.4 Å². The predicted molar refractivity (Wildman–Crippen MR) is 86.8 cm³/mol. The van der Waals surface area contributed by atoms with E-state index in [0.717, 1.165) is 11.6 Å². The molecule has 2 aromatic carbocycles. The van der Waals surface area contributed by atoms with E-state index in [1.165, 1.54) is 38.3 Å². The molecule has 0 heterocycles. The Balaban J connectivity index is 2.43. The summed E-state index contributed by atoms with van der Waals surface area (Å²) in [5.74, 6) is -1.03. The van der Waals surface area contributed by atoms with Gasteiger partial charge in [-0.05, 0) is 44.2 Å². The maximum absolute atomic E-state index is 12.4. The second-order valence-corrected chi connectivity index (χ2v) is 6.66. The zero-order valence-corrected chi connectivity index (χ0v) is 14.2. The van der Waals surface area contributed by atoms with Crippen molar-refractivity contribution in [3.05, 3.63) is 59.2 Å². The van der Waals surface area contributed by atoms with Gasteiger partial charge in [-0.3, -0.25) is 4.79 Å². The fourth-order valence-electron chi connectivity index (χ4n) is 2.05. The highest BCUT2D eigenvalue weighted by atomic mass is 32.2. The van der Waals surface area contributed by atoms with Gasteiger partial charge in [0.2, 0.25) is 0 Å². The van der Waals surface area contributed by atoms with Crippen LogP contribution >= 0.6 is 0 Å². The van der Waals surface area contributed by atoms with Crippen LogP contribution in [-0.4, -0.2) is 27.3 Å². The second-order valence-electron chi connectivity index (χ2n) is 5.11. The second kappa shape index (κ2) is 6.84. The van der Waals surface area contributed by atoms with Crippen LogP contribution in [0.5, 0.6) is 5.75 Å². The van der Waals surface area contributed by atoms with E-state index in [9.17, 15) is 18.0 Å². The first kappa shape index (κ1) is 17.7. The van der Waals surface area contributed by atoms with Gasteiger partial charge in [0, 0.05) is 0 Å². The van der Waals surface area contributed by atoms with E-state index in [1.54, 1.807) is 19.1 Å². The Morgan fingerprint density at radius 3 is 2.38 bits per heavy atom. The molecule has 7 heteroatoms. The summed E-state index contributed by atoms with van der Waals surface area (Å²) in [6.07, 6.45) is 0. The summed E-state index contributed by atoms with van der Waals surface area (Å²) in [6.45, 7) is 3.11. The Hall–Kier alpha value is -2.67. The molecule has 24 heavy (non-hydrogen) atoms. The molecule has 0 aromatic heterocycles. The fraction of sp³-hybridized carbons (Fsp3) is 0.176. The molecule has 0 spiro atoms. The summed E-state index contributed by atoms with van der Waals surface area (Å²) in [7, 11) is -3.01. The number of esters is 1. The van der Waals surface area contributed by atoms with E-state index < -0.39 is 16.1 Å². The molecule has 0 N–H and O–H groups in total. The number of Topliss-reactive ketones (excluding diaryl/α,β-unsaturated/α-hetero) is 1. The monoisotopic (exact) mass is 348 g/mol. The number of benzene rings is 2. The number of carbonyl (C=O) groups excluding carboxylic acids is 2. The van der Waals surface area contributed by atoms with E-state index in [2.05, 4.69) is 4.74 Å². The first-order valence-corrected chi connectivity index (χ1v) is 8.40. The third-order valence-corrected chi connectivity index (χ3v) is 4.49. The van der Waals surface area contributed by atoms with Crippen molar-refractivity contribution in [1.29, 1.82) is 0 Å². The van der Waals surface area contributed by atoms with Crippen molar-refractivity contribution in [2.75, 3.05) is 7.11 Å². The van der Waals surface area contributed by atoms with Gasteiger partial charge >= 0.3 is 16.1 Å². The lowest BCUT2D eigenvalue weighted by molar-refractivity contribution is 0.0600. The van der Waals surface area contributed by atoms with Crippen LogP contribution in [0.3, 0.4) is 0 Å². The predicted octanol–water partition coefficient (Wildman–Crippen LogP) is 2.75. The van der Waals surface area contributed by atoms with Gasteiger partial charge in [0.25, 0.3) is 0 Å². The lowest BCUT2D eigenvalue weighted by Gasteiger charge is -2.11. The first-order chi connectivity index (χ1) is 11.2. The number of hydrogen-bond acceptors (Lipinski definition) is 6. The van der Waals surface area contributed by atoms with Crippen molar-refractivity contribution in [2.45, 2.75) is 18.7 Å². The molecule has 0 atom stereocenters. The molecular weight excluding hydrogens is 332 g/mol. The number of ether oxygens (including phenoxy) is 1. The molecule has 0 aliphatic rings. The Morgan fingerprint density at radius 1 is 1.04 bits per heavy atom. The lowest BCUT2D eigenvalue weighted by atomic mass is 10.1. The van der Waals surface area contributed by atoms with Crippen LogP contribution < -0.4 is 4.18 Å². The zero-order valence-electron chi connectivity index (χ0n) is 13.4. The van der Waals surface area contributed by atoms with E-state index >= 15 is 0 Å². The number of methoxy groups -OCH3 is 1. The third kappa shape index (κ3) is 3.80. The molecule has 0 saturated heterocycles. The van der Waals surface area contributed by atoms with Crippen molar-refractivity contribution < 1.29 is 26.9 Å². The van der Waals surface area contributed by atoms with E-state index in [-0.39, 0.29) is 27.6 Å². The third-order valence-electron chi connectivity index (χ3n) is 3.26. The molecule has 6 nitrogen and oxygen atoms in total. The SMILES string of the molecule is COC(=O)c1cccc(S(=O)(=O)Oc2ccc(C)cc2C(C)=O)c1. The molecule has 0 amide bonds. The van der Waals surface area contributed by atoms with Gasteiger partial charge in [0.15, 0.2) is 11.5 Å². The maximum atomic E-state index is 12.4. The van der Waals surface area contributed by atoms with Crippen LogP contribution in [-0.2, 0) is 14.9 Å². The summed E-state index contributed by atoms with van der Waals surface area (Å²) in [5, 5.41) is 0. The maximum Gasteiger partial charge on any atom is 0.339 e. The molecule has 0 aliphatic heterocycles. The highest BCUT2D eigenvalue weighted by Gasteiger charge is 2.21. The van der Waals surface area contributed by atoms with Gasteiger partial charge in [-0.25, -0.2) is 4.79 Å². The van der Waals surface area contributed by atoms with Gasteiger partial charge in [0.05, 0.1) is 18.2 Å². The minimum absolute atomic E-state index is 0.0587. The molecule has 0 unspecified atom stereocenters. The van der Waals surface area contributed by atoms with Crippen molar-refractivity contribution in [3.63, 3.8) is 0 Å². The smallest absolute Gasteiger partial charge is 0.339 e. The standard InChI is InChI=1S/C17H16O6S/c1-11-7-8-16(15(9-11)12(2)18)23-24(20,21)14-6-4-5-13(10-14)17(19)22-3/h4-10H,1-3H3. The summed E-state index contributed by atoms with van der Waals surface area (Å²) in [4.78, 5) is 23.0. The topological polar surface area (TPSA) is 86.7 Å². The van der Waals surface area contributed by atoms with Crippen LogP contribution in [0.25, 0.3) is 0 Å². The van der Waals surface area contributed by atoms with Crippen LogP contribution in [0, 0.1) is 6.92 Å². The van der Waals surface area contributed by atoms with Gasteiger partial charge in [-0.1, -0.05) is 17.7 Å². The minimum Gasteiger partial charge on any atom is -0.465 e. The fourth-order valence-corrected chi connectivity index (χ4v) is 3.05. The average Bonchev–Trinajstić information content (AvgIpc) is 2.55. The molecule has 126 valence electrons. The highest BCUT2D eigenvalue weighted by molar-refractivity contribution is 7.87.